The van der Waals surface area contributed by atoms with Crippen LogP contribution in [0.15, 0.2) is 34.4 Å². The van der Waals surface area contributed by atoms with E-state index in [1.807, 2.05) is 34.2 Å². The first-order valence-electron chi connectivity index (χ1n) is 20.8. The molecule has 0 atom stereocenters. The third-order valence-electron chi connectivity index (χ3n) is 12.0. The summed E-state index contributed by atoms with van der Waals surface area (Å²) < 4.78 is 5.13. The van der Waals surface area contributed by atoms with Crippen molar-refractivity contribution in [1.29, 1.82) is 0 Å². The van der Waals surface area contributed by atoms with Crippen molar-refractivity contribution in [2.45, 2.75) is 117 Å². The second kappa shape index (κ2) is 19.7. The standard InChI is InChI=1S/C21H27N5OS.C17H19ClN4OS.C4H9N.2CH4/c1-24(2)15-12-16(25-10-6-7-11-25)23-20-17(15)18-19(28-20)21(27)26(13-22-18)14-8-4-3-5-9-14;1-21(2)11-8-12(18)20-16-13(11)14-15(24-16)17(23)22(9-19-14)10-6-4-3-5-7-10;1-2-4-5-3-1;;/h12-14H,3-11H2,1-2H3;8-10H,3-7H2,1-2H3;5H,1-4H2;2*1H4. The molecule has 2 aliphatic carbocycles. The van der Waals surface area contributed by atoms with Crippen LogP contribution in [0, 0.1) is 0 Å². The van der Waals surface area contributed by atoms with Crippen LogP contribution in [0.4, 0.5) is 17.2 Å². The summed E-state index contributed by atoms with van der Waals surface area (Å²) in [4.78, 5) is 53.2. The highest BCUT2D eigenvalue weighted by atomic mass is 35.5. The molecule has 4 fully saturated rings. The number of aromatic nitrogens is 6. The van der Waals surface area contributed by atoms with Crippen LogP contribution in [-0.2, 0) is 0 Å². The number of halogens is 1. The fourth-order valence-electron chi connectivity index (χ4n) is 8.88. The van der Waals surface area contributed by atoms with E-state index >= 15 is 0 Å². The number of nitrogens with zero attached hydrogens (tertiary/aromatic N) is 9. The first kappa shape index (κ1) is 44.7. The van der Waals surface area contributed by atoms with Crippen molar-refractivity contribution in [2.75, 3.05) is 69.1 Å². The minimum Gasteiger partial charge on any atom is -0.377 e. The van der Waals surface area contributed by atoms with Gasteiger partial charge in [-0.05, 0) is 70.5 Å². The number of fused-ring (bicyclic) bond motifs is 6. The van der Waals surface area contributed by atoms with Gasteiger partial charge in [0.1, 0.15) is 30.0 Å². The quantitative estimate of drug-likeness (QED) is 0.168. The summed E-state index contributed by atoms with van der Waals surface area (Å²) in [6.45, 7) is 4.62. The minimum absolute atomic E-state index is 0. The molecule has 2 saturated heterocycles. The predicted octanol–water partition coefficient (Wildman–Crippen LogP) is 10.1. The maximum absolute atomic E-state index is 13.3. The number of anilines is 3. The van der Waals surface area contributed by atoms with Crippen molar-refractivity contribution in [3.8, 4) is 0 Å². The predicted molar refractivity (Wildman–Crippen MR) is 253 cm³/mol. The van der Waals surface area contributed by atoms with Gasteiger partial charge < -0.3 is 20.0 Å². The molecule has 10 rings (SSSR count). The average molecular weight is 864 g/mol. The van der Waals surface area contributed by atoms with E-state index in [-0.39, 0.29) is 32.0 Å². The average Bonchev–Trinajstić information content (AvgIpc) is 4.06. The highest BCUT2D eigenvalue weighted by Gasteiger charge is 2.25. The van der Waals surface area contributed by atoms with Crippen LogP contribution in [0.5, 0.6) is 0 Å². The smallest absolute Gasteiger partial charge is 0.271 e. The molecule has 0 unspecified atom stereocenters. The van der Waals surface area contributed by atoms with Crippen LogP contribution in [0.1, 0.15) is 117 Å². The van der Waals surface area contributed by atoms with Gasteiger partial charge in [-0.2, -0.15) is 0 Å². The van der Waals surface area contributed by atoms with E-state index in [1.54, 1.807) is 12.7 Å². The molecular weight excluding hydrogens is 800 g/mol. The van der Waals surface area contributed by atoms with Crippen LogP contribution in [-0.4, -0.2) is 83.4 Å². The van der Waals surface area contributed by atoms with Gasteiger partial charge in [-0.25, -0.2) is 19.9 Å². The second-order valence-electron chi connectivity index (χ2n) is 16.3. The SMILES string of the molecule is C.C.C1CCNC1.CN(C)c1cc(Cl)nc2sc3c(=O)n(C4CCCCC4)cnc3c12.CN(C)c1cc(N2CCCC2)nc2sc3c(=O)n(C4CCCCC4)cnc3c12. The molecule has 0 radical (unpaired) electrons. The van der Waals surface area contributed by atoms with Gasteiger partial charge >= 0.3 is 0 Å². The fraction of sp³-hybridized carbons (Fsp3) is 0.591. The number of thiophene rings is 2. The van der Waals surface area contributed by atoms with Gasteiger partial charge in [-0.15, -0.1) is 22.7 Å². The topological polar surface area (TPSA) is 117 Å². The van der Waals surface area contributed by atoms with Crippen LogP contribution in [0.3, 0.4) is 0 Å². The van der Waals surface area contributed by atoms with Crippen LogP contribution >= 0.6 is 34.3 Å². The summed E-state index contributed by atoms with van der Waals surface area (Å²) >= 11 is 9.06. The van der Waals surface area contributed by atoms with Crippen molar-refractivity contribution in [2.24, 2.45) is 0 Å². The van der Waals surface area contributed by atoms with Gasteiger partial charge in [-0.3, -0.25) is 18.7 Å². The number of nitrogens with one attached hydrogen (secondary N) is 1. The Hall–Kier alpha value is -3.85. The Morgan fingerprint density at radius 2 is 1.10 bits per heavy atom. The molecule has 1 N–H and O–H groups in total. The molecule has 12 nitrogen and oxygen atoms in total. The molecule has 0 spiro atoms. The maximum Gasteiger partial charge on any atom is 0.271 e. The largest absolute Gasteiger partial charge is 0.377 e. The second-order valence-corrected chi connectivity index (χ2v) is 18.7. The molecule has 320 valence electrons. The van der Waals surface area contributed by atoms with E-state index in [4.69, 9.17) is 21.6 Å². The molecule has 59 heavy (non-hydrogen) atoms. The van der Waals surface area contributed by atoms with Gasteiger partial charge in [0.15, 0.2) is 0 Å². The van der Waals surface area contributed by atoms with Crippen LogP contribution in [0.2, 0.25) is 5.15 Å². The molecule has 0 bridgehead atoms. The molecule has 6 aromatic rings. The van der Waals surface area contributed by atoms with E-state index in [2.05, 4.69) is 45.2 Å². The molecule has 4 aliphatic rings. The Morgan fingerprint density at radius 3 is 1.54 bits per heavy atom. The van der Waals surface area contributed by atoms with Gasteiger partial charge in [0.25, 0.3) is 11.1 Å². The minimum atomic E-state index is 0. The van der Waals surface area contributed by atoms with E-state index in [0.29, 0.717) is 15.9 Å². The lowest BCUT2D eigenvalue weighted by molar-refractivity contribution is 0.345. The molecule has 2 aliphatic heterocycles. The molecule has 6 aromatic heterocycles. The first-order valence-corrected chi connectivity index (χ1v) is 22.8. The Kier molecular flexibility index (Phi) is 14.9. The van der Waals surface area contributed by atoms with Crippen molar-refractivity contribution in [1.82, 2.24) is 34.4 Å². The van der Waals surface area contributed by atoms with Crippen molar-refractivity contribution in [3.05, 3.63) is 50.6 Å². The molecule has 2 saturated carbocycles. The summed E-state index contributed by atoms with van der Waals surface area (Å²) in [6.07, 6.45) is 20.3. The highest BCUT2D eigenvalue weighted by molar-refractivity contribution is 7.25. The third-order valence-corrected chi connectivity index (χ3v) is 14.3. The number of hydrogen-bond acceptors (Lipinski definition) is 12. The Labute approximate surface area is 361 Å². The number of hydrogen-bond donors (Lipinski definition) is 1. The highest BCUT2D eigenvalue weighted by Crippen LogP contribution is 2.40. The summed E-state index contributed by atoms with van der Waals surface area (Å²) in [5.41, 5.74) is 3.74. The normalized spacial score (nSPS) is 17.3. The third kappa shape index (κ3) is 9.25. The summed E-state index contributed by atoms with van der Waals surface area (Å²) in [7, 11) is 8.01. The number of pyridine rings is 2. The molecule has 8 heterocycles. The maximum atomic E-state index is 13.3. The van der Waals surface area contributed by atoms with Crippen molar-refractivity contribution < 1.29 is 0 Å². The van der Waals surface area contributed by atoms with E-state index < -0.39 is 0 Å². The van der Waals surface area contributed by atoms with E-state index in [9.17, 15) is 9.59 Å². The molecule has 15 heteroatoms. The lowest BCUT2D eigenvalue weighted by Crippen LogP contribution is -2.26. The van der Waals surface area contributed by atoms with Crippen molar-refractivity contribution in [3.63, 3.8) is 0 Å². The lowest BCUT2D eigenvalue weighted by atomic mass is 9.95. The zero-order valence-corrected chi connectivity index (χ0v) is 36.1. The zero-order valence-electron chi connectivity index (χ0n) is 33.7. The van der Waals surface area contributed by atoms with E-state index in [0.717, 1.165) is 92.1 Å². The summed E-state index contributed by atoms with van der Waals surface area (Å²) in [5.74, 6) is 1.02. The van der Waals surface area contributed by atoms with Gasteiger partial charge in [-0.1, -0.05) is 65.0 Å². The lowest BCUT2D eigenvalue weighted by Gasteiger charge is -2.23. The van der Waals surface area contributed by atoms with Crippen LogP contribution < -0.4 is 31.1 Å². The Bertz CT molecular complexity index is 2460. The molecular formula is C44H63ClN10O2S2. The monoisotopic (exact) mass is 862 g/mol. The first-order chi connectivity index (χ1) is 27.7. The zero-order chi connectivity index (χ0) is 39.6. The van der Waals surface area contributed by atoms with Gasteiger partial charge in [0.2, 0.25) is 0 Å². The summed E-state index contributed by atoms with van der Waals surface area (Å²) in [6, 6.07) is 4.56. The Morgan fingerprint density at radius 1 is 0.644 bits per heavy atom. The molecule has 0 aromatic carbocycles. The Balaban J connectivity index is 0.000000173. The number of rotatable bonds is 5. The fourth-order valence-corrected chi connectivity index (χ4v) is 11.3. The summed E-state index contributed by atoms with van der Waals surface area (Å²) in [5, 5.41) is 5.59. The van der Waals surface area contributed by atoms with Crippen LogP contribution in [0.25, 0.3) is 40.9 Å². The van der Waals surface area contributed by atoms with Crippen molar-refractivity contribution >= 4 is 92.3 Å². The van der Waals surface area contributed by atoms with E-state index in [1.165, 1.54) is 100.0 Å². The molecule has 0 amide bonds. The van der Waals surface area contributed by atoms with Gasteiger partial charge in [0.05, 0.1) is 45.8 Å². The van der Waals surface area contributed by atoms with Gasteiger partial charge in [0, 0.05) is 59.4 Å².